The highest BCUT2D eigenvalue weighted by atomic mass is 15.2. The molecule has 0 atom stereocenters. The molecule has 0 unspecified atom stereocenters. The monoisotopic (exact) mass is 1390 g/mol. The summed E-state index contributed by atoms with van der Waals surface area (Å²) in [7, 11) is 0. The van der Waals surface area contributed by atoms with Crippen molar-refractivity contribution < 1.29 is 17.8 Å². The van der Waals surface area contributed by atoms with Gasteiger partial charge in [0.05, 0.1) is 40.2 Å². The van der Waals surface area contributed by atoms with E-state index in [1.165, 1.54) is 0 Å². The summed E-state index contributed by atoms with van der Waals surface area (Å²) in [6, 6.07) is 62.8. The van der Waals surface area contributed by atoms with E-state index in [4.69, 9.17) is 9.10 Å². The number of benzene rings is 12. The fourth-order valence-electron chi connectivity index (χ4n) is 15.5. The van der Waals surface area contributed by atoms with Gasteiger partial charge in [0.25, 0.3) is 6.71 Å². The van der Waals surface area contributed by atoms with Crippen LogP contribution in [0.4, 0.5) is 34.1 Å². The lowest BCUT2D eigenvalue weighted by atomic mass is 9.33. The Morgan fingerprint density at radius 1 is 0.292 bits per heavy atom. The highest BCUT2D eigenvalue weighted by Gasteiger charge is 2.47. The number of para-hydroxylation sites is 2. The maximum atomic E-state index is 9.95. The number of hydrogen-bond donors (Lipinski definition) is 0. The van der Waals surface area contributed by atoms with Gasteiger partial charge < -0.3 is 14.4 Å². The van der Waals surface area contributed by atoms with Gasteiger partial charge in [0.15, 0.2) is 0 Å². The number of aromatic nitrogens is 2. The van der Waals surface area contributed by atoms with Gasteiger partial charge in [0.1, 0.15) is 0 Å². The fourth-order valence-corrected chi connectivity index (χ4v) is 15.5. The van der Waals surface area contributed by atoms with Crippen LogP contribution in [0.2, 0.25) is 0 Å². The van der Waals surface area contributed by atoms with Crippen LogP contribution in [0.1, 0.15) is 176 Å². The standard InChI is InChI=1S/C101H99BN4/c1-96(2,3)72-51-69(52-73(58-72)97(4,5)6)70-54-89-93-90(55-70)106(94-79(65-37-25-20-26-38-65)59-74(98(7,8)9)60-80(94)66-39-27-21-28-40-66)88-63-76(104-85-45-33-31-43-77(85)78-44-32-34-46-86(78)104)48-50-84(88)102(93)83-49-47-68(64-35-23-19-24-36-64)53-87(83)105(89)95-81(67-41-29-22-30-42-67)61-75(99(10,11)12)62-82(95)71-56-91(100(13,14)15)103-92(57-71)101(16,17)18/h19-63H,1-18H3/i19D,23D,24D,31D,32D,33D,34D,35D,36D,43D,44D,45D,46D. The van der Waals surface area contributed by atoms with Crippen LogP contribution in [0.25, 0.3) is 94.3 Å². The van der Waals surface area contributed by atoms with Crippen molar-refractivity contribution in [1.82, 2.24) is 9.55 Å². The molecule has 0 saturated carbocycles. The lowest BCUT2D eigenvalue weighted by Crippen LogP contribution is -2.61. The van der Waals surface area contributed by atoms with Crippen LogP contribution in [-0.4, -0.2) is 16.3 Å². The molecule has 0 aliphatic carbocycles. The molecule has 0 bridgehead atoms. The van der Waals surface area contributed by atoms with Crippen LogP contribution in [0.5, 0.6) is 0 Å². The second-order valence-electron chi connectivity index (χ2n) is 35.2. The van der Waals surface area contributed by atoms with Crippen molar-refractivity contribution in [2.45, 2.75) is 157 Å². The topological polar surface area (TPSA) is 24.3 Å². The van der Waals surface area contributed by atoms with E-state index >= 15 is 0 Å². The van der Waals surface area contributed by atoms with E-state index in [2.05, 4.69) is 286 Å². The molecule has 0 N–H and O–H groups in total. The Kier molecular flexibility index (Phi) is 13.4. The molecule has 0 radical (unpaired) electrons. The number of nitrogens with zero attached hydrogens (tertiary/aromatic N) is 4. The van der Waals surface area contributed by atoms with Gasteiger partial charge in [-0.3, -0.25) is 4.98 Å². The van der Waals surface area contributed by atoms with Crippen LogP contribution < -0.4 is 26.2 Å². The molecule has 16 rings (SSSR count). The van der Waals surface area contributed by atoms with E-state index in [1.807, 2.05) is 42.5 Å². The van der Waals surface area contributed by atoms with Gasteiger partial charge >= 0.3 is 0 Å². The first kappa shape index (κ1) is 55.7. The minimum absolute atomic E-state index is 0.0251. The Morgan fingerprint density at radius 3 is 1.08 bits per heavy atom. The third-order valence-electron chi connectivity index (χ3n) is 21.5. The molecule has 4 nitrogen and oxygen atoms in total. The van der Waals surface area contributed by atoms with Gasteiger partial charge in [-0.15, -0.1) is 0 Å². The van der Waals surface area contributed by atoms with E-state index in [-0.39, 0.29) is 50.3 Å². The maximum absolute atomic E-state index is 9.95. The molecule has 106 heavy (non-hydrogen) atoms. The largest absolute Gasteiger partial charge is 0.310 e. The minimum atomic E-state index is -0.735. The van der Waals surface area contributed by atoms with Crippen molar-refractivity contribution in [2.75, 3.05) is 9.80 Å². The van der Waals surface area contributed by atoms with Gasteiger partial charge in [0, 0.05) is 83.7 Å². The van der Waals surface area contributed by atoms with Crippen molar-refractivity contribution >= 4 is 79.0 Å². The number of anilines is 6. The Labute approximate surface area is 648 Å². The summed E-state index contributed by atoms with van der Waals surface area (Å²) in [6.07, 6.45) is 0. The van der Waals surface area contributed by atoms with Gasteiger partial charge in [-0.25, -0.2) is 0 Å². The number of fused-ring (bicyclic) bond motifs is 7. The van der Waals surface area contributed by atoms with Crippen LogP contribution in [0.3, 0.4) is 0 Å². The summed E-state index contributed by atoms with van der Waals surface area (Å²) in [5, 5.41) is -0.0985. The molecule has 12 aromatic carbocycles. The maximum Gasteiger partial charge on any atom is 0.252 e. The highest BCUT2D eigenvalue weighted by molar-refractivity contribution is 7.00. The van der Waals surface area contributed by atoms with Gasteiger partial charge in [-0.05, 0) is 184 Å². The predicted octanol–water partition coefficient (Wildman–Crippen LogP) is 26.0. The van der Waals surface area contributed by atoms with Crippen molar-refractivity contribution in [2.24, 2.45) is 0 Å². The van der Waals surface area contributed by atoms with Crippen LogP contribution in [0, 0.1) is 0 Å². The van der Waals surface area contributed by atoms with E-state index in [9.17, 15) is 13.7 Å². The summed E-state index contributed by atoms with van der Waals surface area (Å²) in [4.78, 5) is 10.3. The van der Waals surface area contributed by atoms with Crippen molar-refractivity contribution in [1.29, 1.82) is 0 Å². The third kappa shape index (κ3) is 12.4. The minimum Gasteiger partial charge on any atom is -0.310 e. The molecule has 0 saturated heterocycles. The van der Waals surface area contributed by atoms with E-state index in [0.29, 0.717) is 22.6 Å². The molecule has 0 fully saturated rings. The van der Waals surface area contributed by atoms with Gasteiger partial charge in [-0.2, -0.15) is 0 Å². The van der Waals surface area contributed by atoms with Crippen LogP contribution in [0.15, 0.2) is 273 Å². The Morgan fingerprint density at radius 2 is 0.660 bits per heavy atom. The predicted molar refractivity (Wildman–Crippen MR) is 457 cm³/mol. The zero-order chi connectivity index (χ0) is 85.6. The number of rotatable bonds is 9. The van der Waals surface area contributed by atoms with E-state index in [1.54, 1.807) is 4.57 Å². The highest BCUT2D eigenvalue weighted by Crippen LogP contribution is 2.56. The van der Waals surface area contributed by atoms with Crippen molar-refractivity contribution in [3.8, 4) is 72.4 Å². The summed E-state index contributed by atoms with van der Waals surface area (Å²) < 4.78 is 125. The second-order valence-corrected chi connectivity index (χ2v) is 35.2. The summed E-state index contributed by atoms with van der Waals surface area (Å²) in [5.74, 6) is 0. The second kappa shape index (κ2) is 25.5. The molecule has 2 aromatic heterocycles. The van der Waals surface area contributed by atoms with E-state index in [0.717, 1.165) is 128 Å². The van der Waals surface area contributed by atoms with Crippen molar-refractivity contribution in [3.63, 3.8) is 0 Å². The summed E-state index contributed by atoms with van der Waals surface area (Å²) in [6.45, 7) is 39.4. The molecule has 4 heterocycles. The molecule has 2 aliphatic rings. The molecule has 14 aromatic rings. The molecule has 0 amide bonds. The lowest BCUT2D eigenvalue weighted by Gasteiger charge is -2.46. The summed E-state index contributed by atoms with van der Waals surface area (Å²) >= 11 is 0. The first-order valence-corrected chi connectivity index (χ1v) is 37.1. The average Bonchev–Trinajstić information content (AvgIpc) is 1.64. The molecule has 526 valence electrons. The smallest absolute Gasteiger partial charge is 0.252 e. The van der Waals surface area contributed by atoms with Gasteiger partial charge in [0.2, 0.25) is 0 Å². The quantitative estimate of drug-likeness (QED) is 0.135. The van der Waals surface area contributed by atoms with Gasteiger partial charge in [-0.1, -0.05) is 318 Å². The van der Waals surface area contributed by atoms with E-state index < -0.39 is 94.8 Å². The SMILES string of the molecule is [2H]c1c([2H])c([2H])c(-c2ccc3c(c2)N(c2c(-c4ccccc4)cc(C(C)(C)C)cc2-c2cc(C(C)(C)C)nc(C(C)(C)C)c2)c2cc(-c4cc(C(C)(C)C)cc(C(C)(C)C)c4)cc4c2B3c2ccc(-n3c5c([2H])c([2H])c([2H])c([2H])c5c5c([2H])c([2H])c([2H])c([2H])c53)cc2N4c2c(-c3ccccc3)cc(C(C)(C)C)cc2-c2ccccc2)c([2H])c1[2H]. The first-order valence-electron chi connectivity index (χ1n) is 43.6. The molecule has 0 spiro atoms. The number of hydrogen-bond acceptors (Lipinski definition) is 3. The molecular weight excluding hydrogens is 1280 g/mol. The zero-order valence-electron chi connectivity index (χ0n) is 77.3. The zero-order valence-corrected chi connectivity index (χ0v) is 64.3. The van der Waals surface area contributed by atoms with Crippen molar-refractivity contribution in [3.05, 3.63) is 306 Å². The molecule has 5 heteroatoms. The normalized spacial score (nSPS) is 15.0. The lowest BCUT2D eigenvalue weighted by molar-refractivity contribution is 0.531. The Balaban J connectivity index is 1.19. The van der Waals surface area contributed by atoms with Crippen LogP contribution in [-0.2, 0) is 32.5 Å². The third-order valence-corrected chi connectivity index (χ3v) is 21.5. The summed E-state index contributed by atoms with van der Waals surface area (Å²) in [5.41, 5.74) is 20.4. The Bertz CT molecular complexity index is 6360. The average molecular weight is 1390 g/mol. The molecule has 2 aliphatic heterocycles. The van der Waals surface area contributed by atoms with Crippen LogP contribution >= 0.6 is 0 Å². The number of pyridine rings is 1. The first-order chi connectivity index (χ1) is 55.8. The molecular formula is C101H99BN4. The fraction of sp³-hybridized carbons (Fsp3) is 0.238. The Hall–Kier alpha value is -10.7.